The molecule has 1 aliphatic rings. The van der Waals surface area contributed by atoms with Gasteiger partial charge in [-0.05, 0) is 24.3 Å². The maximum Gasteiger partial charge on any atom is 0.223 e. The van der Waals surface area contributed by atoms with Crippen LogP contribution < -0.4 is 4.74 Å². The molecule has 0 aliphatic carbocycles. The van der Waals surface area contributed by atoms with Gasteiger partial charge in [0.05, 0.1) is 26.5 Å². The number of morpholine rings is 1. The number of carbonyl (C=O) groups is 1. The number of amides is 1. The molecule has 1 fully saturated rings. The van der Waals surface area contributed by atoms with Gasteiger partial charge in [-0.2, -0.15) is 0 Å². The Balaban J connectivity index is 1.57. The summed E-state index contributed by atoms with van der Waals surface area (Å²) in [4.78, 5) is 18.2. The normalized spacial score (nSPS) is 14.7. The highest BCUT2D eigenvalue weighted by Gasteiger charge is 2.17. The van der Waals surface area contributed by atoms with Gasteiger partial charge in [0.25, 0.3) is 0 Å². The topological polar surface area (TPSA) is 64.8 Å². The highest BCUT2D eigenvalue weighted by Crippen LogP contribution is 2.23. The van der Waals surface area contributed by atoms with Crippen molar-refractivity contribution in [2.45, 2.75) is 12.8 Å². The third kappa shape index (κ3) is 3.90. The van der Waals surface area contributed by atoms with Gasteiger partial charge in [-0.3, -0.25) is 4.79 Å². The molecule has 0 unspecified atom stereocenters. The molecule has 1 aliphatic heterocycles. The predicted octanol–water partition coefficient (Wildman–Crippen LogP) is 2.14. The fourth-order valence-corrected chi connectivity index (χ4v) is 2.50. The Kier molecular flexibility index (Phi) is 4.92. The number of ether oxygens (including phenoxy) is 2. The van der Waals surface area contributed by atoms with E-state index in [0.29, 0.717) is 50.8 Å². The van der Waals surface area contributed by atoms with E-state index in [1.54, 1.807) is 13.3 Å². The van der Waals surface area contributed by atoms with Crippen molar-refractivity contribution in [1.29, 1.82) is 0 Å². The quantitative estimate of drug-likeness (QED) is 0.845. The monoisotopic (exact) mass is 316 g/mol. The van der Waals surface area contributed by atoms with Crippen molar-refractivity contribution in [2.24, 2.45) is 0 Å². The maximum absolute atomic E-state index is 12.1. The van der Waals surface area contributed by atoms with Crippen LogP contribution >= 0.6 is 0 Å². The molecule has 1 saturated heterocycles. The summed E-state index contributed by atoms with van der Waals surface area (Å²) in [7, 11) is 1.63. The number of methoxy groups -OCH3 is 1. The Morgan fingerprint density at radius 3 is 2.70 bits per heavy atom. The van der Waals surface area contributed by atoms with E-state index < -0.39 is 0 Å². The first-order valence-corrected chi connectivity index (χ1v) is 7.71. The van der Waals surface area contributed by atoms with Crippen LogP contribution in [0.25, 0.3) is 11.3 Å². The summed E-state index contributed by atoms with van der Waals surface area (Å²) >= 11 is 0. The average molecular weight is 316 g/mol. The fraction of sp³-hybridized carbons (Fsp3) is 0.412. The lowest BCUT2D eigenvalue weighted by Gasteiger charge is -2.26. The Morgan fingerprint density at radius 1 is 1.26 bits per heavy atom. The van der Waals surface area contributed by atoms with Crippen LogP contribution in [0, 0.1) is 0 Å². The van der Waals surface area contributed by atoms with Crippen LogP contribution in [0.2, 0.25) is 0 Å². The zero-order valence-electron chi connectivity index (χ0n) is 13.2. The summed E-state index contributed by atoms with van der Waals surface area (Å²) in [6.45, 7) is 2.57. The molecule has 3 rings (SSSR count). The highest BCUT2D eigenvalue weighted by molar-refractivity contribution is 5.76. The number of benzene rings is 1. The van der Waals surface area contributed by atoms with Crippen molar-refractivity contribution in [1.82, 2.24) is 9.88 Å². The van der Waals surface area contributed by atoms with Crippen molar-refractivity contribution < 1.29 is 18.7 Å². The van der Waals surface area contributed by atoms with Gasteiger partial charge < -0.3 is 18.8 Å². The van der Waals surface area contributed by atoms with Crippen molar-refractivity contribution >= 4 is 5.91 Å². The summed E-state index contributed by atoms with van der Waals surface area (Å²) in [5.41, 5.74) is 0.934. The van der Waals surface area contributed by atoms with Gasteiger partial charge >= 0.3 is 0 Å². The van der Waals surface area contributed by atoms with Gasteiger partial charge in [-0.25, -0.2) is 4.98 Å². The van der Waals surface area contributed by atoms with Crippen molar-refractivity contribution in [3.8, 4) is 17.1 Å². The minimum absolute atomic E-state index is 0.123. The number of rotatable bonds is 5. The molecule has 0 radical (unpaired) electrons. The van der Waals surface area contributed by atoms with Gasteiger partial charge in [0.15, 0.2) is 11.7 Å². The maximum atomic E-state index is 12.1. The zero-order chi connectivity index (χ0) is 16.1. The lowest BCUT2D eigenvalue weighted by atomic mass is 10.2. The first-order valence-electron chi connectivity index (χ1n) is 7.71. The number of aromatic nitrogens is 1. The molecular formula is C17H20N2O4. The minimum atomic E-state index is 0.123. The van der Waals surface area contributed by atoms with Gasteiger partial charge in [0.2, 0.25) is 5.91 Å². The van der Waals surface area contributed by atoms with Crippen LogP contribution in [0.3, 0.4) is 0 Å². The summed E-state index contributed by atoms with van der Waals surface area (Å²) in [5, 5.41) is 0. The Morgan fingerprint density at radius 2 is 2.00 bits per heavy atom. The predicted molar refractivity (Wildman–Crippen MR) is 84.2 cm³/mol. The largest absolute Gasteiger partial charge is 0.497 e. The van der Waals surface area contributed by atoms with E-state index in [9.17, 15) is 4.79 Å². The van der Waals surface area contributed by atoms with E-state index in [1.165, 1.54) is 0 Å². The molecule has 0 saturated carbocycles. The van der Waals surface area contributed by atoms with Crippen molar-refractivity contribution in [2.75, 3.05) is 33.4 Å². The third-order valence-electron chi connectivity index (χ3n) is 3.84. The van der Waals surface area contributed by atoms with E-state index in [-0.39, 0.29) is 5.91 Å². The van der Waals surface area contributed by atoms with E-state index in [2.05, 4.69) is 4.98 Å². The van der Waals surface area contributed by atoms with Crippen LogP contribution in [-0.4, -0.2) is 49.2 Å². The smallest absolute Gasteiger partial charge is 0.223 e. The average Bonchev–Trinajstić information content (AvgIpc) is 3.09. The molecular weight excluding hydrogens is 296 g/mol. The number of hydrogen-bond acceptors (Lipinski definition) is 5. The van der Waals surface area contributed by atoms with Gasteiger partial charge in [0.1, 0.15) is 5.75 Å². The lowest BCUT2D eigenvalue weighted by molar-refractivity contribution is -0.135. The van der Waals surface area contributed by atoms with E-state index >= 15 is 0 Å². The summed E-state index contributed by atoms with van der Waals surface area (Å²) in [6, 6.07) is 7.59. The highest BCUT2D eigenvalue weighted by atomic mass is 16.5. The van der Waals surface area contributed by atoms with Crippen LogP contribution in [-0.2, 0) is 16.0 Å². The Bertz CT molecular complexity index is 645. The van der Waals surface area contributed by atoms with Crippen LogP contribution in [0.4, 0.5) is 0 Å². The number of oxazole rings is 1. The Labute approximate surface area is 135 Å². The molecule has 1 aromatic heterocycles. The first kappa shape index (κ1) is 15.6. The van der Waals surface area contributed by atoms with Gasteiger partial charge in [0, 0.05) is 31.5 Å². The summed E-state index contributed by atoms with van der Waals surface area (Å²) in [5.74, 6) is 2.20. The molecule has 2 aromatic rings. The molecule has 6 nitrogen and oxygen atoms in total. The molecule has 0 N–H and O–H groups in total. The van der Waals surface area contributed by atoms with Crippen molar-refractivity contribution in [3.05, 3.63) is 36.4 Å². The lowest BCUT2D eigenvalue weighted by Crippen LogP contribution is -2.40. The molecule has 0 bridgehead atoms. The first-order chi connectivity index (χ1) is 11.3. The second kappa shape index (κ2) is 7.28. The SMILES string of the molecule is COc1ccc(-c2cnc(CCC(=O)N3CCOCC3)o2)cc1. The second-order valence-electron chi connectivity index (χ2n) is 5.34. The summed E-state index contributed by atoms with van der Waals surface area (Å²) < 4.78 is 16.1. The number of nitrogens with zero attached hydrogens (tertiary/aromatic N) is 2. The number of carbonyl (C=O) groups excluding carboxylic acids is 1. The molecule has 6 heteroatoms. The van der Waals surface area contributed by atoms with Crippen LogP contribution in [0.1, 0.15) is 12.3 Å². The molecule has 0 spiro atoms. The van der Waals surface area contributed by atoms with E-state index in [4.69, 9.17) is 13.9 Å². The minimum Gasteiger partial charge on any atom is -0.497 e. The van der Waals surface area contributed by atoms with Gasteiger partial charge in [-0.1, -0.05) is 0 Å². The molecule has 23 heavy (non-hydrogen) atoms. The number of hydrogen-bond donors (Lipinski definition) is 0. The van der Waals surface area contributed by atoms with E-state index in [0.717, 1.165) is 11.3 Å². The van der Waals surface area contributed by atoms with Crippen LogP contribution in [0.15, 0.2) is 34.9 Å². The zero-order valence-corrected chi connectivity index (χ0v) is 13.2. The number of aryl methyl sites for hydroxylation is 1. The molecule has 1 aromatic carbocycles. The molecule has 122 valence electrons. The van der Waals surface area contributed by atoms with Crippen LogP contribution in [0.5, 0.6) is 5.75 Å². The molecule has 0 atom stereocenters. The molecule has 1 amide bonds. The Hall–Kier alpha value is -2.34. The van der Waals surface area contributed by atoms with Gasteiger partial charge in [-0.15, -0.1) is 0 Å². The fourth-order valence-electron chi connectivity index (χ4n) is 2.50. The third-order valence-corrected chi connectivity index (χ3v) is 3.84. The summed E-state index contributed by atoms with van der Waals surface area (Å²) in [6.07, 6.45) is 2.60. The van der Waals surface area contributed by atoms with E-state index in [1.807, 2.05) is 29.2 Å². The molecule has 2 heterocycles. The second-order valence-corrected chi connectivity index (χ2v) is 5.34. The standard InChI is InChI=1S/C17H20N2O4/c1-21-14-4-2-13(3-5-14)15-12-18-16(23-15)6-7-17(20)19-8-10-22-11-9-19/h2-5,12H,6-11H2,1H3. The van der Waals surface area contributed by atoms with Crippen molar-refractivity contribution in [3.63, 3.8) is 0 Å².